The molecule has 0 nitrogen and oxygen atoms in total. The van der Waals surface area contributed by atoms with Crippen LogP contribution in [0.15, 0.2) is 108 Å². The van der Waals surface area contributed by atoms with Gasteiger partial charge in [-0.1, -0.05) is 157 Å². The molecule has 0 saturated heterocycles. The van der Waals surface area contributed by atoms with E-state index in [2.05, 4.69) is 147 Å². The molecule has 0 spiro atoms. The molecule has 1 aliphatic carbocycles. The van der Waals surface area contributed by atoms with Crippen molar-refractivity contribution in [3.8, 4) is 11.1 Å². The van der Waals surface area contributed by atoms with Crippen molar-refractivity contribution in [2.45, 2.75) is 32.6 Å². The fourth-order valence-corrected chi connectivity index (χ4v) is 8.70. The van der Waals surface area contributed by atoms with E-state index in [1.165, 1.54) is 43.8 Å². The first-order chi connectivity index (χ1) is 16.8. The molecule has 0 aliphatic heterocycles. The van der Waals surface area contributed by atoms with Crippen LogP contribution >= 0.6 is 0 Å². The first kappa shape index (κ1) is 23.5. The third-order valence-electron chi connectivity index (χ3n) is 7.35. The molecule has 4 aromatic rings. The maximum absolute atomic E-state index is 2.47. The van der Waals surface area contributed by atoms with E-state index in [0.29, 0.717) is 0 Å². The lowest BCUT2D eigenvalue weighted by Gasteiger charge is -2.18. The van der Waals surface area contributed by atoms with Crippen molar-refractivity contribution in [3.63, 3.8) is 0 Å². The fourth-order valence-electron chi connectivity index (χ4n) is 4.99. The largest absolute Gasteiger partial charge is 0.104 e. The Kier molecular flexibility index (Phi) is 6.35. The summed E-state index contributed by atoms with van der Waals surface area (Å²) >= 11 is 0. The number of fused-ring (bicyclic) bond motifs is 3. The van der Waals surface area contributed by atoms with E-state index < -0.39 is 16.1 Å². The van der Waals surface area contributed by atoms with Crippen LogP contribution in [0.25, 0.3) is 23.3 Å². The van der Waals surface area contributed by atoms with Gasteiger partial charge >= 0.3 is 0 Å². The highest BCUT2D eigenvalue weighted by Crippen LogP contribution is 2.38. The summed E-state index contributed by atoms with van der Waals surface area (Å²) in [6.07, 6.45) is 5.70. The number of hydrogen-bond acceptors (Lipinski definition) is 0. The Labute approximate surface area is 212 Å². The Balaban J connectivity index is 1.34. The van der Waals surface area contributed by atoms with Gasteiger partial charge in [0.1, 0.15) is 16.1 Å². The Hall–Kier alpha value is -3.21. The van der Waals surface area contributed by atoms with Crippen LogP contribution in [0, 0.1) is 0 Å². The Morgan fingerprint density at radius 2 is 0.914 bits per heavy atom. The van der Waals surface area contributed by atoms with Crippen LogP contribution in [0.1, 0.15) is 22.3 Å². The Bertz CT molecular complexity index is 1280. The van der Waals surface area contributed by atoms with Gasteiger partial charge in [-0.15, -0.1) is 0 Å². The highest BCUT2D eigenvalue weighted by Gasteiger charge is 2.22. The van der Waals surface area contributed by atoms with Gasteiger partial charge in [0.25, 0.3) is 0 Å². The predicted molar refractivity (Wildman–Crippen MR) is 160 cm³/mol. The van der Waals surface area contributed by atoms with E-state index in [1.807, 2.05) is 0 Å². The number of rotatable bonds is 6. The monoisotopic (exact) mass is 486 g/mol. The molecule has 1 aliphatic rings. The molecule has 5 rings (SSSR count). The summed E-state index contributed by atoms with van der Waals surface area (Å²) in [5.41, 5.74) is 13.2. The van der Waals surface area contributed by atoms with Gasteiger partial charge in [0.15, 0.2) is 0 Å². The van der Waals surface area contributed by atoms with Crippen molar-refractivity contribution < 1.29 is 0 Å². The van der Waals surface area contributed by atoms with Crippen molar-refractivity contribution in [2.24, 2.45) is 0 Å². The van der Waals surface area contributed by atoms with E-state index in [1.54, 1.807) is 0 Å². The zero-order chi connectivity index (χ0) is 24.5. The van der Waals surface area contributed by atoms with E-state index >= 15 is 0 Å². The lowest BCUT2D eigenvalue weighted by molar-refractivity contribution is 1.26. The molecule has 0 unspecified atom stereocenters. The second kappa shape index (κ2) is 9.45. The van der Waals surface area contributed by atoms with Crippen LogP contribution in [0.2, 0.25) is 26.2 Å². The predicted octanol–water partition coefficient (Wildman–Crippen LogP) is 7.59. The third kappa shape index (κ3) is 5.09. The summed E-state index contributed by atoms with van der Waals surface area (Å²) < 4.78 is 0. The van der Waals surface area contributed by atoms with Crippen LogP contribution in [0.4, 0.5) is 0 Å². The molecule has 0 bridgehead atoms. The van der Waals surface area contributed by atoms with Crippen molar-refractivity contribution >= 4 is 38.7 Å². The first-order valence-corrected chi connectivity index (χ1v) is 18.7. The maximum atomic E-state index is 2.47. The minimum atomic E-state index is -1.59. The molecular formula is C33H34Si2. The molecule has 4 aromatic carbocycles. The average Bonchev–Trinajstić information content (AvgIpc) is 3.24. The summed E-state index contributed by atoms with van der Waals surface area (Å²) in [4.78, 5) is 0. The van der Waals surface area contributed by atoms with Crippen molar-refractivity contribution in [1.29, 1.82) is 0 Å². The van der Waals surface area contributed by atoms with E-state index in [4.69, 9.17) is 0 Å². The van der Waals surface area contributed by atoms with Gasteiger partial charge in [-0.25, -0.2) is 0 Å². The van der Waals surface area contributed by atoms with Crippen LogP contribution < -0.4 is 10.4 Å². The van der Waals surface area contributed by atoms with Gasteiger partial charge in [-0.3, -0.25) is 0 Å². The second-order valence-electron chi connectivity index (χ2n) is 10.9. The zero-order valence-electron chi connectivity index (χ0n) is 21.3. The van der Waals surface area contributed by atoms with Gasteiger partial charge in [-0.05, 0) is 39.8 Å². The smallest absolute Gasteiger partial charge is 0.0897 e. The molecule has 174 valence electrons. The fraction of sp³-hybridized carbons (Fsp3) is 0.152. The lowest BCUT2D eigenvalue weighted by Crippen LogP contribution is -2.39. The van der Waals surface area contributed by atoms with Gasteiger partial charge in [0.05, 0.1) is 0 Å². The SMILES string of the molecule is C[Si](C)(/C=C\c1ccc2c(c1)Cc1cc(/C=C\[Si](C)(C)c3ccccc3)ccc1-2)c1ccccc1. The Morgan fingerprint density at radius 3 is 1.31 bits per heavy atom. The molecule has 0 fully saturated rings. The van der Waals surface area contributed by atoms with Crippen molar-refractivity contribution in [3.05, 3.63) is 131 Å². The molecule has 35 heavy (non-hydrogen) atoms. The van der Waals surface area contributed by atoms with E-state index in [9.17, 15) is 0 Å². The quantitative estimate of drug-likeness (QED) is 0.217. The third-order valence-corrected chi connectivity index (χ3v) is 13.0. The van der Waals surface area contributed by atoms with Gasteiger partial charge < -0.3 is 0 Å². The van der Waals surface area contributed by atoms with Crippen LogP contribution in [0.3, 0.4) is 0 Å². The molecule has 0 amide bonds. The molecule has 0 radical (unpaired) electrons. The van der Waals surface area contributed by atoms with Gasteiger partial charge in [0.2, 0.25) is 0 Å². The summed E-state index contributed by atoms with van der Waals surface area (Å²) in [5, 5.41) is 2.95. The summed E-state index contributed by atoms with van der Waals surface area (Å²) in [5.74, 6) is 0. The molecule has 2 heteroatoms. The normalized spacial score (nSPS) is 13.4. The topological polar surface area (TPSA) is 0 Å². The minimum Gasteiger partial charge on any atom is -0.0897 e. The van der Waals surface area contributed by atoms with Crippen LogP contribution in [0.5, 0.6) is 0 Å². The standard InChI is InChI=1S/C33H34Si2/c1-34(2,30-11-7-5-8-12-30)21-19-26-15-17-32-28(23-26)25-29-24-27(16-18-33(29)32)20-22-35(3,4)31-13-9-6-10-14-31/h5-24H,25H2,1-4H3/b21-19-,22-20-. The van der Waals surface area contributed by atoms with E-state index in [0.717, 1.165) is 6.42 Å². The molecule has 0 saturated carbocycles. The minimum absolute atomic E-state index is 1.02. The number of benzene rings is 4. The van der Waals surface area contributed by atoms with E-state index in [-0.39, 0.29) is 0 Å². The first-order valence-electron chi connectivity index (χ1n) is 12.6. The molecule has 0 atom stereocenters. The summed E-state index contributed by atoms with van der Waals surface area (Å²) in [7, 11) is -3.19. The van der Waals surface area contributed by atoms with Gasteiger partial charge in [0, 0.05) is 0 Å². The van der Waals surface area contributed by atoms with Crippen LogP contribution in [-0.4, -0.2) is 16.1 Å². The van der Waals surface area contributed by atoms with Crippen LogP contribution in [-0.2, 0) is 6.42 Å². The summed E-state index contributed by atoms with van der Waals surface area (Å²) in [6, 6.07) is 35.9. The molecular weight excluding hydrogens is 453 g/mol. The highest BCUT2D eigenvalue weighted by atomic mass is 28.3. The number of hydrogen-bond donors (Lipinski definition) is 0. The zero-order valence-corrected chi connectivity index (χ0v) is 23.3. The maximum Gasteiger partial charge on any atom is 0.104 e. The van der Waals surface area contributed by atoms with Crippen molar-refractivity contribution in [1.82, 2.24) is 0 Å². The summed E-state index contributed by atoms with van der Waals surface area (Å²) in [6.45, 7) is 9.66. The lowest BCUT2D eigenvalue weighted by atomic mass is 10.0. The highest BCUT2D eigenvalue weighted by molar-refractivity contribution is 6.94. The average molecular weight is 487 g/mol. The molecule has 0 heterocycles. The molecule has 0 N–H and O–H groups in total. The molecule has 0 aromatic heterocycles. The Morgan fingerprint density at radius 1 is 0.514 bits per heavy atom. The van der Waals surface area contributed by atoms with Gasteiger partial charge in [-0.2, -0.15) is 0 Å². The van der Waals surface area contributed by atoms with Crippen molar-refractivity contribution in [2.75, 3.05) is 0 Å². The second-order valence-corrected chi connectivity index (χ2v) is 19.6.